The Balaban J connectivity index is 0.00000342. The number of para-hydroxylation sites is 1. The Bertz CT molecular complexity index is 1120. The Morgan fingerprint density at radius 1 is 0.971 bits per heavy atom. The standard InChI is InChI=1S/C25H29F4N5.CH4/c1-34(2)23-19-7-3-4-9-21(19)32-24(33-23)31-18-12-10-16(11-13-18)14-30-15-17-6-5-8-20(22(17)26)25(27,28)29;/h3-9,16,18,30H,10-15H2,1-2H3,(H,31,32,33);1H4. The van der Waals surface area contributed by atoms with Crippen molar-refractivity contribution in [3.63, 3.8) is 0 Å². The highest BCUT2D eigenvalue weighted by Gasteiger charge is 2.34. The van der Waals surface area contributed by atoms with Gasteiger partial charge < -0.3 is 15.5 Å². The largest absolute Gasteiger partial charge is 0.419 e. The minimum absolute atomic E-state index is 0. The summed E-state index contributed by atoms with van der Waals surface area (Å²) in [5, 5.41) is 7.62. The molecule has 35 heavy (non-hydrogen) atoms. The summed E-state index contributed by atoms with van der Waals surface area (Å²) in [7, 11) is 3.92. The average molecular weight is 492 g/mol. The molecule has 5 nitrogen and oxygen atoms in total. The molecule has 0 saturated heterocycles. The van der Waals surface area contributed by atoms with Crippen molar-refractivity contribution in [3.05, 3.63) is 59.4 Å². The van der Waals surface area contributed by atoms with Crippen LogP contribution in [0.25, 0.3) is 10.9 Å². The quantitative estimate of drug-likeness (QED) is 0.383. The summed E-state index contributed by atoms with van der Waals surface area (Å²) in [6.07, 6.45) is -0.878. The molecule has 190 valence electrons. The molecule has 0 atom stereocenters. The SMILES string of the molecule is C.CN(C)c1nc(NC2CCC(CNCc3cccc(C(F)(F)F)c3F)CC2)nc2ccccc12. The van der Waals surface area contributed by atoms with E-state index < -0.39 is 17.6 Å². The molecule has 1 saturated carbocycles. The van der Waals surface area contributed by atoms with Gasteiger partial charge in [-0.3, -0.25) is 0 Å². The lowest BCUT2D eigenvalue weighted by atomic mass is 9.86. The van der Waals surface area contributed by atoms with Gasteiger partial charge in [-0.05, 0) is 56.3 Å². The van der Waals surface area contributed by atoms with Gasteiger partial charge in [-0.25, -0.2) is 9.37 Å². The van der Waals surface area contributed by atoms with E-state index in [0.29, 0.717) is 18.4 Å². The van der Waals surface area contributed by atoms with E-state index in [1.165, 1.54) is 12.1 Å². The van der Waals surface area contributed by atoms with Crippen LogP contribution in [0.3, 0.4) is 0 Å². The number of hydrogen-bond acceptors (Lipinski definition) is 5. The van der Waals surface area contributed by atoms with Crippen molar-refractivity contribution in [2.75, 3.05) is 30.9 Å². The number of fused-ring (bicyclic) bond motifs is 1. The molecule has 1 aliphatic rings. The summed E-state index contributed by atoms with van der Waals surface area (Å²) in [4.78, 5) is 11.4. The highest BCUT2D eigenvalue weighted by molar-refractivity contribution is 5.90. The fourth-order valence-electron chi connectivity index (χ4n) is 4.51. The third-order valence-corrected chi connectivity index (χ3v) is 6.32. The lowest BCUT2D eigenvalue weighted by Gasteiger charge is -2.29. The van der Waals surface area contributed by atoms with Crippen molar-refractivity contribution >= 4 is 22.7 Å². The van der Waals surface area contributed by atoms with Crippen molar-refractivity contribution in [1.29, 1.82) is 0 Å². The Hall–Kier alpha value is -2.94. The third kappa shape index (κ3) is 6.39. The van der Waals surface area contributed by atoms with Crippen molar-refractivity contribution in [3.8, 4) is 0 Å². The van der Waals surface area contributed by atoms with Crippen LogP contribution < -0.4 is 15.5 Å². The summed E-state index contributed by atoms with van der Waals surface area (Å²) in [6.45, 7) is 0.714. The van der Waals surface area contributed by atoms with Crippen LogP contribution in [0.4, 0.5) is 29.3 Å². The van der Waals surface area contributed by atoms with Gasteiger partial charge in [0.05, 0.1) is 11.1 Å². The number of nitrogens with zero attached hydrogens (tertiary/aromatic N) is 3. The van der Waals surface area contributed by atoms with E-state index in [0.717, 1.165) is 48.5 Å². The first-order valence-corrected chi connectivity index (χ1v) is 11.5. The maximum atomic E-state index is 14.2. The zero-order valence-corrected chi connectivity index (χ0v) is 19.3. The number of benzene rings is 2. The summed E-state index contributed by atoms with van der Waals surface area (Å²) < 4.78 is 52.9. The number of alkyl halides is 3. The number of hydrogen-bond donors (Lipinski definition) is 2. The molecule has 0 unspecified atom stereocenters. The average Bonchev–Trinajstić information content (AvgIpc) is 2.80. The van der Waals surface area contributed by atoms with E-state index in [9.17, 15) is 17.6 Å². The fourth-order valence-corrected chi connectivity index (χ4v) is 4.51. The van der Waals surface area contributed by atoms with Gasteiger partial charge in [0.25, 0.3) is 0 Å². The van der Waals surface area contributed by atoms with Gasteiger partial charge in [0.1, 0.15) is 11.6 Å². The molecular weight excluding hydrogens is 458 g/mol. The lowest BCUT2D eigenvalue weighted by Crippen LogP contribution is -2.32. The van der Waals surface area contributed by atoms with Crippen LogP contribution in [0.15, 0.2) is 42.5 Å². The molecule has 0 bridgehead atoms. The van der Waals surface area contributed by atoms with E-state index in [1.54, 1.807) is 0 Å². The molecule has 3 aromatic rings. The van der Waals surface area contributed by atoms with Gasteiger partial charge in [-0.1, -0.05) is 31.7 Å². The third-order valence-electron chi connectivity index (χ3n) is 6.32. The smallest absolute Gasteiger partial charge is 0.362 e. The summed E-state index contributed by atoms with van der Waals surface area (Å²) in [6, 6.07) is 11.6. The minimum Gasteiger partial charge on any atom is -0.362 e. The number of anilines is 2. The maximum absolute atomic E-state index is 14.2. The molecule has 4 rings (SSSR count). The van der Waals surface area contributed by atoms with E-state index in [2.05, 4.69) is 15.6 Å². The fraction of sp³-hybridized carbons (Fsp3) is 0.462. The number of halogens is 4. The Morgan fingerprint density at radius 2 is 1.69 bits per heavy atom. The van der Waals surface area contributed by atoms with E-state index in [4.69, 9.17) is 4.98 Å². The van der Waals surface area contributed by atoms with Crippen molar-refractivity contribution < 1.29 is 17.6 Å². The normalized spacial score (nSPS) is 18.2. The Morgan fingerprint density at radius 3 is 2.37 bits per heavy atom. The summed E-state index contributed by atoms with van der Waals surface area (Å²) in [5.74, 6) is 0.682. The van der Waals surface area contributed by atoms with Gasteiger partial charge in [0, 0.05) is 37.6 Å². The van der Waals surface area contributed by atoms with Crippen LogP contribution in [0.5, 0.6) is 0 Å². The number of nitrogens with one attached hydrogen (secondary N) is 2. The van der Waals surface area contributed by atoms with E-state index >= 15 is 0 Å². The van der Waals surface area contributed by atoms with Crippen LogP contribution >= 0.6 is 0 Å². The second-order valence-electron chi connectivity index (χ2n) is 9.05. The van der Waals surface area contributed by atoms with Gasteiger partial charge in [-0.15, -0.1) is 0 Å². The monoisotopic (exact) mass is 491 g/mol. The zero-order chi connectivity index (χ0) is 24.3. The highest BCUT2D eigenvalue weighted by atomic mass is 19.4. The molecule has 2 N–H and O–H groups in total. The molecule has 0 aliphatic heterocycles. The first kappa shape index (κ1) is 26.7. The number of aromatic nitrogens is 2. The molecule has 1 heterocycles. The second-order valence-corrected chi connectivity index (χ2v) is 9.05. The molecule has 1 aliphatic carbocycles. The van der Waals surface area contributed by atoms with Crippen molar-refractivity contribution in [1.82, 2.24) is 15.3 Å². The highest BCUT2D eigenvalue weighted by Crippen LogP contribution is 2.32. The Labute approximate surface area is 204 Å². The number of rotatable bonds is 7. The zero-order valence-electron chi connectivity index (χ0n) is 19.3. The molecule has 0 amide bonds. The predicted octanol–water partition coefficient (Wildman–Crippen LogP) is 6.25. The van der Waals surface area contributed by atoms with Crippen LogP contribution in [-0.4, -0.2) is 36.6 Å². The molecule has 1 fully saturated rings. The predicted molar refractivity (Wildman–Crippen MR) is 133 cm³/mol. The van der Waals surface area contributed by atoms with E-state index in [-0.39, 0.29) is 25.6 Å². The molecular formula is C26H33F4N5. The van der Waals surface area contributed by atoms with Gasteiger partial charge in [0.2, 0.25) is 5.95 Å². The molecule has 2 aromatic carbocycles. The van der Waals surface area contributed by atoms with E-state index in [1.807, 2.05) is 43.3 Å². The molecule has 0 radical (unpaired) electrons. The topological polar surface area (TPSA) is 53.1 Å². The van der Waals surface area contributed by atoms with Crippen LogP contribution in [-0.2, 0) is 12.7 Å². The second kappa shape index (κ2) is 11.2. The van der Waals surface area contributed by atoms with Crippen LogP contribution in [0.1, 0.15) is 44.2 Å². The molecule has 9 heteroatoms. The lowest BCUT2D eigenvalue weighted by molar-refractivity contribution is -0.140. The first-order chi connectivity index (χ1) is 16.2. The molecule has 0 spiro atoms. The van der Waals surface area contributed by atoms with Crippen molar-refractivity contribution in [2.45, 2.75) is 51.9 Å². The van der Waals surface area contributed by atoms with Crippen molar-refractivity contribution in [2.24, 2.45) is 5.92 Å². The Kier molecular flexibility index (Phi) is 8.53. The summed E-state index contributed by atoms with van der Waals surface area (Å²) >= 11 is 0. The molecule has 1 aromatic heterocycles. The van der Waals surface area contributed by atoms with Crippen LogP contribution in [0.2, 0.25) is 0 Å². The van der Waals surface area contributed by atoms with Gasteiger partial charge in [0.15, 0.2) is 0 Å². The minimum atomic E-state index is -4.69. The van der Waals surface area contributed by atoms with Crippen LogP contribution in [0, 0.1) is 11.7 Å². The van der Waals surface area contributed by atoms with Gasteiger partial charge in [-0.2, -0.15) is 18.2 Å². The maximum Gasteiger partial charge on any atom is 0.419 e. The summed E-state index contributed by atoms with van der Waals surface area (Å²) in [5.41, 5.74) is -0.287. The first-order valence-electron chi connectivity index (χ1n) is 11.5. The van der Waals surface area contributed by atoms with Gasteiger partial charge >= 0.3 is 6.18 Å².